The molecule has 2 aromatic rings. The first-order valence-electron chi connectivity index (χ1n) is 7.89. The molecule has 0 aliphatic carbocycles. The van der Waals surface area contributed by atoms with Crippen molar-refractivity contribution in [1.29, 1.82) is 0 Å². The molecule has 128 valence electrons. The molecule has 24 heavy (non-hydrogen) atoms. The van der Waals surface area contributed by atoms with Crippen LogP contribution in [-0.2, 0) is 15.9 Å². The molecule has 1 aromatic heterocycles. The van der Waals surface area contributed by atoms with Crippen LogP contribution in [0.15, 0.2) is 30.5 Å². The lowest BCUT2D eigenvalue weighted by Gasteiger charge is -2.13. The number of phenols is 1. The number of ether oxygens (including phenoxy) is 2. The summed E-state index contributed by atoms with van der Waals surface area (Å²) >= 11 is 1.30. The molecular weight excluding hydrogens is 328 g/mol. The lowest BCUT2D eigenvalue weighted by Crippen LogP contribution is -2.32. The van der Waals surface area contributed by atoms with Gasteiger partial charge in [0.1, 0.15) is 15.6 Å². The molecule has 1 amide bonds. The number of amides is 1. The average molecular weight is 348 g/mol. The van der Waals surface area contributed by atoms with Gasteiger partial charge >= 0.3 is 0 Å². The quantitative estimate of drug-likeness (QED) is 0.839. The van der Waals surface area contributed by atoms with Gasteiger partial charge in [-0.3, -0.25) is 4.79 Å². The molecule has 1 aliphatic heterocycles. The fourth-order valence-corrected chi connectivity index (χ4v) is 3.24. The van der Waals surface area contributed by atoms with Crippen molar-refractivity contribution in [3.8, 4) is 5.75 Å². The first-order chi connectivity index (χ1) is 11.6. The van der Waals surface area contributed by atoms with Crippen molar-refractivity contribution >= 4 is 17.2 Å². The number of aromatic hydroxyl groups is 1. The van der Waals surface area contributed by atoms with Gasteiger partial charge < -0.3 is 19.9 Å². The summed E-state index contributed by atoms with van der Waals surface area (Å²) in [7, 11) is 0. The van der Waals surface area contributed by atoms with E-state index in [1.54, 1.807) is 18.3 Å². The minimum atomic E-state index is -0.441. The van der Waals surface area contributed by atoms with Gasteiger partial charge in [0.2, 0.25) is 6.29 Å². The predicted molar refractivity (Wildman–Crippen MR) is 90.1 cm³/mol. The smallest absolute Gasteiger partial charge is 0.263 e. The van der Waals surface area contributed by atoms with Crippen LogP contribution in [0.4, 0.5) is 0 Å². The fraction of sp³-hybridized carbons (Fsp3) is 0.412. The lowest BCUT2D eigenvalue weighted by molar-refractivity contribution is -0.0442. The summed E-state index contributed by atoms with van der Waals surface area (Å²) in [6.07, 6.45) is 2.77. The normalized spacial score (nSPS) is 16.2. The monoisotopic (exact) mass is 348 g/mol. The molecule has 3 rings (SSSR count). The van der Waals surface area contributed by atoms with E-state index in [2.05, 4.69) is 10.3 Å². The average Bonchev–Trinajstić information content (AvgIpc) is 3.25. The van der Waals surface area contributed by atoms with Crippen LogP contribution in [0.5, 0.6) is 5.75 Å². The van der Waals surface area contributed by atoms with Crippen LogP contribution < -0.4 is 5.32 Å². The second-order valence-electron chi connectivity index (χ2n) is 5.72. The number of hydrogen-bond acceptors (Lipinski definition) is 6. The van der Waals surface area contributed by atoms with Gasteiger partial charge in [0.05, 0.1) is 19.4 Å². The third-order valence-electron chi connectivity index (χ3n) is 3.75. The highest BCUT2D eigenvalue weighted by molar-refractivity contribution is 7.13. The highest BCUT2D eigenvalue weighted by Gasteiger charge is 2.23. The molecule has 1 aliphatic rings. The number of aryl methyl sites for hydroxylation is 1. The molecule has 0 radical (unpaired) electrons. The molecule has 0 saturated carbocycles. The predicted octanol–water partition coefficient (Wildman–Crippen LogP) is 2.65. The Balaban J connectivity index is 1.49. The molecule has 1 atom stereocenters. The van der Waals surface area contributed by atoms with Crippen LogP contribution in [0, 0.1) is 0 Å². The number of aromatic nitrogens is 1. The van der Waals surface area contributed by atoms with E-state index in [0.29, 0.717) is 23.1 Å². The second kappa shape index (κ2) is 7.74. The van der Waals surface area contributed by atoms with E-state index in [1.807, 2.05) is 19.1 Å². The van der Waals surface area contributed by atoms with Gasteiger partial charge in [-0.15, -0.1) is 11.3 Å². The topological polar surface area (TPSA) is 80.7 Å². The molecule has 7 heteroatoms. The zero-order valence-electron chi connectivity index (χ0n) is 13.4. The Morgan fingerprint density at radius 2 is 2.08 bits per heavy atom. The van der Waals surface area contributed by atoms with Gasteiger partial charge in [-0.1, -0.05) is 12.1 Å². The first-order valence-corrected chi connectivity index (χ1v) is 8.71. The fourth-order valence-electron chi connectivity index (χ4n) is 2.42. The number of thiazole rings is 1. The summed E-state index contributed by atoms with van der Waals surface area (Å²) in [5, 5.41) is 12.9. The van der Waals surface area contributed by atoms with Crippen LogP contribution in [0.1, 0.15) is 39.9 Å². The van der Waals surface area contributed by atoms with E-state index >= 15 is 0 Å². The molecule has 2 N–H and O–H groups in total. The van der Waals surface area contributed by atoms with E-state index in [4.69, 9.17) is 9.47 Å². The van der Waals surface area contributed by atoms with E-state index in [-0.39, 0.29) is 17.7 Å². The van der Waals surface area contributed by atoms with Gasteiger partial charge in [-0.2, -0.15) is 0 Å². The summed E-state index contributed by atoms with van der Waals surface area (Å²) in [5.74, 6) is 0.131. The van der Waals surface area contributed by atoms with E-state index in [1.165, 1.54) is 11.3 Å². The maximum Gasteiger partial charge on any atom is 0.263 e. The Kier molecular flexibility index (Phi) is 5.44. The summed E-state index contributed by atoms with van der Waals surface area (Å²) < 4.78 is 10.8. The van der Waals surface area contributed by atoms with Gasteiger partial charge in [0, 0.05) is 6.04 Å². The summed E-state index contributed by atoms with van der Waals surface area (Å²) in [4.78, 5) is 17.1. The van der Waals surface area contributed by atoms with Crippen LogP contribution >= 0.6 is 11.3 Å². The number of rotatable bonds is 6. The number of phenolic OH excluding ortho intramolecular Hbond substituents is 1. The Hall–Kier alpha value is -1.96. The highest BCUT2D eigenvalue weighted by Crippen LogP contribution is 2.27. The Morgan fingerprint density at radius 3 is 2.79 bits per heavy atom. The Labute approximate surface area is 144 Å². The zero-order valence-corrected chi connectivity index (χ0v) is 14.2. The molecule has 1 aromatic carbocycles. The number of carbonyl (C=O) groups excluding carboxylic acids is 1. The van der Waals surface area contributed by atoms with Crippen LogP contribution in [0.3, 0.4) is 0 Å². The van der Waals surface area contributed by atoms with Gasteiger partial charge in [-0.05, 0) is 37.5 Å². The molecular formula is C17H20N2O4S. The maximum atomic E-state index is 12.3. The highest BCUT2D eigenvalue weighted by atomic mass is 32.1. The SMILES string of the molecule is C[C@H](CCc1ccc(O)cc1)NC(=O)c1cnc(C2OCCO2)s1. The van der Waals surface area contributed by atoms with Gasteiger partial charge in [-0.25, -0.2) is 4.98 Å². The Morgan fingerprint density at radius 1 is 1.38 bits per heavy atom. The number of hydrogen-bond donors (Lipinski definition) is 2. The standard InChI is InChI=1S/C17H20N2O4S/c1-11(2-3-12-4-6-13(20)7-5-12)19-15(21)14-10-18-16(24-14)17-22-8-9-23-17/h4-7,10-11,17,20H,2-3,8-9H2,1H3,(H,19,21)/t11-/m1/s1. The van der Waals surface area contributed by atoms with Crippen molar-refractivity contribution in [2.75, 3.05) is 13.2 Å². The second-order valence-corrected chi connectivity index (χ2v) is 6.78. The summed E-state index contributed by atoms with van der Waals surface area (Å²) in [5.41, 5.74) is 1.13. The van der Waals surface area contributed by atoms with Crippen molar-refractivity contribution < 1.29 is 19.4 Å². The summed E-state index contributed by atoms with van der Waals surface area (Å²) in [6.45, 7) is 3.09. The van der Waals surface area contributed by atoms with Crippen LogP contribution in [-0.4, -0.2) is 35.3 Å². The number of nitrogens with zero attached hydrogens (tertiary/aromatic N) is 1. The molecule has 0 unspecified atom stereocenters. The number of nitrogens with one attached hydrogen (secondary N) is 1. The third kappa shape index (κ3) is 4.31. The van der Waals surface area contributed by atoms with Crippen LogP contribution in [0.25, 0.3) is 0 Å². The van der Waals surface area contributed by atoms with Crippen LogP contribution in [0.2, 0.25) is 0 Å². The zero-order chi connectivity index (χ0) is 16.9. The van der Waals surface area contributed by atoms with Crippen molar-refractivity contribution in [3.63, 3.8) is 0 Å². The minimum absolute atomic E-state index is 0.0378. The first kappa shape index (κ1) is 16.9. The largest absolute Gasteiger partial charge is 0.508 e. The molecule has 1 saturated heterocycles. The van der Waals surface area contributed by atoms with Crippen molar-refractivity contribution in [2.45, 2.75) is 32.1 Å². The molecule has 0 bridgehead atoms. The van der Waals surface area contributed by atoms with Gasteiger partial charge in [0.15, 0.2) is 0 Å². The number of benzene rings is 1. The minimum Gasteiger partial charge on any atom is -0.508 e. The maximum absolute atomic E-state index is 12.3. The third-order valence-corrected chi connectivity index (χ3v) is 4.77. The lowest BCUT2D eigenvalue weighted by atomic mass is 10.1. The summed E-state index contributed by atoms with van der Waals surface area (Å²) in [6, 6.07) is 7.16. The molecule has 0 spiro atoms. The molecule has 2 heterocycles. The molecule has 1 fully saturated rings. The van der Waals surface area contributed by atoms with E-state index in [0.717, 1.165) is 18.4 Å². The number of carbonyl (C=O) groups is 1. The van der Waals surface area contributed by atoms with Gasteiger partial charge in [0.25, 0.3) is 5.91 Å². The Bertz CT molecular complexity index is 680. The molecule has 6 nitrogen and oxygen atoms in total. The van der Waals surface area contributed by atoms with Crippen molar-refractivity contribution in [1.82, 2.24) is 10.3 Å². The van der Waals surface area contributed by atoms with E-state index < -0.39 is 6.29 Å². The van der Waals surface area contributed by atoms with Crippen molar-refractivity contribution in [2.24, 2.45) is 0 Å². The van der Waals surface area contributed by atoms with E-state index in [9.17, 15) is 9.90 Å². The van der Waals surface area contributed by atoms with Crippen molar-refractivity contribution in [3.05, 3.63) is 45.9 Å².